The van der Waals surface area contributed by atoms with Crippen LogP contribution in [0.3, 0.4) is 0 Å². The largest absolute Gasteiger partial charge is 0.497 e. The molecule has 0 aliphatic rings. The average molecular weight is 363 g/mol. The highest BCUT2D eigenvalue weighted by Crippen LogP contribution is 2.30. The van der Waals surface area contributed by atoms with Crippen LogP contribution in [0.4, 0.5) is 0 Å². The van der Waals surface area contributed by atoms with Gasteiger partial charge in [-0.15, -0.1) is 0 Å². The van der Waals surface area contributed by atoms with E-state index in [-0.39, 0.29) is 5.11 Å². The minimum absolute atomic E-state index is 0.0549. The van der Waals surface area contributed by atoms with Gasteiger partial charge in [0.1, 0.15) is 11.5 Å². The van der Waals surface area contributed by atoms with Gasteiger partial charge in [-0.25, -0.2) is 4.21 Å². The van der Waals surface area contributed by atoms with Crippen molar-refractivity contribution in [3.05, 3.63) is 48.0 Å². The van der Waals surface area contributed by atoms with Crippen molar-refractivity contribution in [2.75, 3.05) is 14.2 Å². The molecule has 0 radical (unpaired) electrons. The van der Waals surface area contributed by atoms with Gasteiger partial charge in [-0.3, -0.25) is 5.43 Å². The molecule has 0 saturated carbocycles. The average Bonchev–Trinajstić information content (AvgIpc) is 2.60. The number of rotatable bonds is 6. The fourth-order valence-electron chi connectivity index (χ4n) is 1.97. The number of ether oxygens (including phenoxy) is 2. The summed E-state index contributed by atoms with van der Waals surface area (Å²) < 4.78 is 23.6. The molecule has 3 N–H and O–H groups in total. The van der Waals surface area contributed by atoms with Gasteiger partial charge in [-0.05, 0) is 30.4 Å². The Bertz CT molecular complexity index is 794. The van der Waals surface area contributed by atoms with E-state index in [9.17, 15) is 4.21 Å². The van der Waals surface area contributed by atoms with E-state index in [2.05, 4.69) is 10.5 Å². The minimum Gasteiger partial charge on any atom is -0.497 e. The lowest BCUT2D eigenvalue weighted by Crippen LogP contribution is -2.24. The lowest BCUT2D eigenvalue weighted by molar-refractivity contribution is 0.393. The minimum atomic E-state index is -1.48. The molecule has 0 saturated heterocycles. The van der Waals surface area contributed by atoms with Crippen LogP contribution in [0.15, 0.2) is 57.4 Å². The van der Waals surface area contributed by atoms with E-state index in [0.29, 0.717) is 26.9 Å². The van der Waals surface area contributed by atoms with Gasteiger partial charge in [0.25, 0.3) is 0 Å². The van der Waals surface area contributed by atoms with Gasteiger partial charge in [-0.2, -0.15) is 5.10 Å². The normalized spacial score (nSPS) is 11.9. The summed E-state index contributed by atoms with van der Waals surface area (Å²) in [4.78, 5) is 1.09. The highest BCUT2D eigenvalue weighted by Gasteiger charge is 2.16. The zero-order valence-electron chi connectivity index (χ0n) is 13.2. The molecule has 6 nitrogen and oxygen atoms in total. The van der Waals surface area contributed by atoms with E-state index in [1.54, 1.807) is 43.5 Å². The summed E-state index contributed by atoms with van der Waals surface area (Å²) >= 11 is 4.69. The summed E-state index contributed by atoms with van der Waals surface area (Å²) in [5.41, 5.74) is 8.48. The number of hydrogen-bond donors (Lipinski definition) is 2. The Labute approximate surface area is 148 Å². The molecular formula is C16H17N3O3S2. The number of thiocarbonyl (C=S) groups is 1. The Morgan fingerprint density at radius 3 is 2.62 bits per heavy atom. The Hall–Kier alpha value is -2.45. The molecule has 1 atom stereocenters. The molecule has 126 valence electrons. The smallest absolute Gasteiger partial charge is 0.184 e. The Morgan fingerprint density at radius 1 is 1.21 bits per heavy atom. The summed E-state index contributed by atoms with van der Waals surface area (Å²) in [5.74, 6) is 1.11. The quantitative estimate of drug-likeness (QED) is 0.464. The molecule has 2 aromatic carbocycles. The summed E-state index contributed by atoms with van der Waals surface area (Å²) in [7, 11) is 1.60. The first kappa shape index (κ1) is 17.9. The first-order chi connectivity index (χ1) is 11.6. The Morgan fingerprint density at radius 2 is 1.96 bits per heavy atom. The van der Waals surface area contributed by atoms with Crippen LogP contribution in [0, 0.1) is 0 Å². The molecule has 0 bridgehead atoms. The van der Waals surface area contributed by atoms with Crippen molar-refractivity contribution in [3.63, 3.8) is 0 Å². The molecule has 0 aliphatic heterocycles. The second-order valence-corrected chi connectivity index (χ2v) is 6.41. The Balaban J connectivity index is 2.43. The molecule has 24 heavy (non-hydrogen) atoms. The first-order valence-corrected chi connectivity index (χ1v) is 8.44. The predicted molar refractivity (Wildman–Crippen MR) is 98.2 cm³/mol. The fraction of sp³-hybridized carbons (Fsp3) is 0.125. The zero-order valence-corrected chi connectivity index (χ0v) is 14.8. The highest BCUT2D eigenvalue weighted by molar-refractivity contribution is 7.85. The van der Waals surface area contributed by atoms with Crippen LogP contribution in [0.2, 0.25) is 0 Å². The molecule has 0 heterocycles. The summed E-state index contributed by atoms with van der Waals surface area (Å²) in [6.45, 7) is 0. The monoisotopic (exact) mass is 363 g/mol. The standard InChI is InChI=1S/C16H17N3O3S2/c1-21-12-7-8-13(22-2)15(9-12)24(20)14-6-4-3-5-11(14)10-18-19-16(17)23/h3-10H,1-2H3,(H3,17,19,23). The first-order valence-electron chi connectivity index (χ1n) is 6.88. The molecule has 8 heteroatoms. The summed E-state index contributed by atoms with van der Waals surface area (Å²) in [6, 6.07) is 12.3. The fourth-order valence-corrected chi connectivity index (χ4v) is 3.35. The van der Waals surface area contributed by atoms with E-state index in [1.807, 2.05) is 6.07 Å². The van der Waals surface area contributed by atoms with Gasteiger partial charge in [-0.1, -0.05) is 18.2 Å². The molecule has 0 aliphatic carbocycles. The second-order valence-electron chi connectivity index (χ2n) is 4.56. The number of nitrogens with two attached hydrogens (primary N) is 1. The van der Waals surface area contributed by atoms with Gasteiger partial charge >= 0.3 is 0 Å². The third-order valence-electron chi connectivity index (χ3n) is 3.07. The van der Waals surface area contributed by atoms with Crippen molar-refractivity contribution in [3.8, 4) is 11.5 Å². The van der Waals surface area contributed by atoms with Crippen LogP contribution >= 0.6 is 12.2 Å². The van der Waals surface area contributed by atoms with E-state index in [0.717, 1.165) is 0 Å². The third kappa shape index (κ3) is 4.30. The third-order valence-corrected chi connectivity index (χ3v) is 4.65. The molecule has 0 spiro atoms. The molecule has 2 rings (SSSR count). The van der Waals surface area contributed by atoms with Crippen LogP contribution in [0.1, 0.15) is 5.56 Å². The molecule has 0 amide bonds. The summed E-state index contributed by atoms with van der Waals surface area (Å²) in [5, 5.41) is 3.98. The van der Waals surface area contributed by atoms with Crippen molar-refractivity contribution >= 4 is 34.3 Å². The van der Waals surface area contributed by atoms with Crippen LogP contribution in [-0.4, -0.2) is 29.8 Å². The van der Waals surface area contributed by atoms with E-state index < -0.39 is 10.8 Å². The zero-order chi connectivity index (χ0) is 17.5. The van der Waals surface area contributed by atoms with Gasteiger partial charge in [0.15, 0.2) is 5.11 Å². The van der Waals surface area contributed by atoms with Crippen molar-refractivity contribution in [1.82, 2.24) is 5.43 Å². The van der Waals surface area contributed by atoms with Gasteiger partial charge < -0.3 is 15.2 Å². The topological polar surface area (TPSA) is 85.9 Å². The van der Waals surface area contributed by atoms with Crippen molar-refractivity contribution < 1.29 is 13.7 Å². The van der Waals surface area contributed by atoms with Crippen molar-refractivity contribution in [2.45, 2.75) is 9.79 Å². The van der Waals surface area contributed by atoms with Crippen molar-refractivity contribution in [2.24, 2.45) is 10.8 Å². The van der Waals surface area contributed by atoms with E-state index in [1.165, 1.54) is 13.3 Å². The number of methoxy groups -OCH3 is 2. The SMILES string of the molecule is COc1ccc(OC)c(S(=O)c2ccccc2C=NNC(N)=S)c1. The number of nitrogens with zero attached hydrogens (tertiary/aromatic N) is 1. The lowest BCUT2D eigenvalue weighted by Gasteiger charge is -2.11. The van der Waals surface area contributed by atoms with Gasteiger partial charge in [0.2, 0.25) is 0 Å². The lowest BCUT2D eigenvalue weighted by atomic mass is 10.2. The van der Waals surface area contributed by atoms with Crippen LogP contribution < -0.4 is 20.6 Å². The number of hydrazone groups is 1. The number of benzene rings is 2. The van der Waals surface area contributed by atoms with Gasteiger partial charge in [0.05, 0.1) is 41.0 Å². The maximum Gasteiger partial charge on any atom is 0.184 e. The maximum atomic E-state index is 13.1. The molecule has 0 aromatic heterocycles. The predicted octanol–water partition coefficient (Wildman–Crippen LogP) is 2.04. The van der Waals surface area contributed by atoms with Crippen LogP contribution in [-0.2, 0) is 10.8 Å². The number of nitrogens with one attached hydrogen (secondary N) is 1. The maximum absolute atomic E-state index is 13.1. The van der Waals surface area contributed by atoms with Crippen LogP contribution in [0.25, 0.3) is 0 Å². The highest BCUT2D eigenvalue weighted by atomic mass is 32.2. The van der Waals surface area contributed by atoms with Gasteiger partial charge in [0, 0.05) is 11.6 Å². The van der Waals surface area contributed by atoms with E-state index >= 15 is 0 Å². The van der Waals surface area contributed by atoms with Crippen LogP contribution in [0.5, 0.6) is 11.5 Å². The molecular weight excluding hydrogens is 346 g/mol. The molecule has 0 fully saturated rings. The number of hydrogen-bond acceptors (Lipinski definition) is 5. The van der Waals surface area contributed by atoms with E-state index in [4.69, 9.17) is 27.4 Å². The summed E-state index contributed by atoms with van der Waals surface area (Å²) in [6.07, 6.45) is 1.51. The molecule has 2 aromatic rings. The molecule has 1 unspecified atom stereocenters. The second kappa shape index (κ2) is 8.42. The van der Waals surface area contributed by atoms with Crippen molar-refractivity contribution in [1.29, 1.82) is 0 Å². The Kier molecular flexibility index (Phi) is 6.28.